The van der Waals surface area contributed by atoms with Gasteiger partial charge in [0.15, 0.2) is 6.10 Å². The number of hydrogen-bond acceptors (Lipinski definition) is 6. The lowest BCUT2D eigenvalue weighted by atomic mass is 10.1. The number of anilines is 3. The third-order valence-corrected chi connectivity index (χ3v) is 6.42. The summed E-state index contributed by atoms with van der Waals surface area (Å²) < 4.78 is 35.2. The van der Waals surface area contributed by atoms with Gasteiger partial charge < -0.3 is 19.7 Å². The number of likely N-dealkylation sites (N-methyl/N-ethyl adjacent to an activating group) is 1. The third-order valence-electron chi connectivity index (χ3n) is 5.76. The Balaban J connectivity index is 1.59. The van der Waals surface area contributed by atoms with Crippen molar-refractivity contribution in [1.82, 2.24) is 14.9 Å². The van der Waals surface area contributed by atoms with Crippen LogP contribution in [0.2, 0.25) is 0 Å². The zero-order valence-corrected chi connectivity index (χ0v) is 22.5. The van der Waals surface area contributed by atoms with E-state index in [-0.39, 0.29) is 11.7 Å². The van der Waals surface area contributed by atoms with Crippen LogP contribution in [-0.4, -0.2) is 50.3 Å². The molecule has 2 atom stereocenters. The van der Waals surface area contributed by atoms with Crippen LogP contribution < -0.4 is 14.8 Å². The average Bonchev–Trinajstić information content (AvgIpc) is 2.84. The van der Waals surface area contributed by atoms with E-state index in [1.54, 1.807) is 24.9 Å². The Bertz CT molecular complexity index is 1580. The number of hydrogen-bond donors (Lipinski definition) is 2. The van der Waals surface area contributed by atoms with Crippen molar-refractivity contribution in [2.24, 2.45) is 0 Å². The molecule has 0 aliphatic carbocycles. The molecular formula is C28H30FN5O3S. The minimum Gasteiger partial charge on any atom is -0.479 e. The van der Waals surface area contributed by atoms with Crippen LogP contribution in [0, 0.1) is 12.7 Å². The zero-order chi connectivity index (χ0) is 27.4. The van der Waals surface area contributed by atoms with Gasteiger partial charge in [-0.3, -0.25) is 4.79 Å². The van der Waals surface area contributed by atoms with Crippen LogP contribution in [0.25, 0.3) is 10.9 Å². The van der Waals surface area contributed by atoms with Gasteiger partial charge in [0.2, 0.25) is 0 Å². The molecule has 8 nitrogen and oxygen atoms in total. The zero-order valence-electron chi connectivity index (χ0n) is 21.7. The summed E-state index contributed by atoms with van der Waals surface area (Å²) in [6.45, 7) is 3.94. The Morgan fingerprint density at radius 2 is 1.89 bits per heavy atom. The molecule has 198 valence electrons. The summed E-state index contributed by atoms with van der Waals surface area (Å²) in [6.07, 6.45) is 2.05. The third kappa shape index (κ3) is 6.57. The lowest BCUT2D eigenvalue weighted by molar-refractivity contribution is -0.137. The standard InChI is InChI=1S/C28H30FN5O3S/c1-18-13-22(33-38(4,5)36)15-24-26(18)27(31-17-30-24)32-23-12-11-21(29)14-25(23)37-19(2)28(35)34(3)16-20-9-7-6-8-10-20/h6-15,17,19H,4,16H2,1-3,5H3,(H,33,36)(H,30,31,32)/t19-,38?/m1/s1. The molecule has 0 radical (unpaired) electrons. The number of aromatic nitrogens is 2. The summed E-state index contributed by atoms with van der Waals surface area (Å²) in [5, 5.41) is 3.94. The lowest BCUT2D eigenvalue weighted by Crippen LogP contribution is -2.37. The summed E-state index contributed by atoms with van der Waals surface area (Å²) >= 11 is 0. The lowest BCUT2D eigenvalue weighted by Gasteiger charge is -2.23. The van der Waals surface area contributed by atoms with Crippen LogP contribution in [0.1, 0.15) is 18.1 Å². The summed E-state index contributed by atoms with van der Waals surface area (Å²) in [5.74, 6) is 3.53. The van der Waals surface area contributed by atoms with Gasteiger partial charge in [0.1, 0.15) is 23.7 Å². The molecular weight excluding hydrogens is 505 g/mol. The van der Waals surface area contributed by atoms with Crippen molar-refractivity contribution in [3.63, 3.8) is 0 Å². The van der Waals surface area contributed by atoms with E-state index in [1.807, 2.05) is 43.3 Å². The summed E-state index contributed by atoms with van der Waals surface area (Å²) in [5.41, 5.74) is 3.49. The molecule has 4 rings (SSSR count). The molecule has 38 heavy (non-hydrogen) atoms. The van der Waals surface area contributed by atoms with E-state index in [4.69, 9.17) is 4.74 Å². The predicted molar refractivity (Wildman–Crippen MR) is 152 cm³/mol. The first-order valence-corrected chi connectivity index (χ1v) is 14.0. The molecule has 1 aromatic heterocycles. The van der Waals surface area contributed by atoms with Crippen LogP contribution in [-0.2, 0) is 21.0 Å². The van der Waals surface area contributed by atoms with Crippen LogP contribution in [0.4, 0.5) is 21.6 Å². The van der Waals surface area contributed by atoms with Crippen molar-refractivity contribution in [3.8, 4) is 5.75 Å². The molecule has 0 bridgehead atoms. The molecule has 0 fully saturated rings. The minimum atomic E-state index is -2.47. The van der Waals surface area contributed by atoms with Gasteiger partial charge in [-0.15, -0.1) is 0 Å². The highest BCUT2D eigenvalue weighted by molar-refractivity contribution is 8.00. The molecule has 0 saturated carbocycles. The molecule has 0 spiro atoms. The van der Waals surface area contributed by atoms with E-state index in [2.05, 4.69) is 25.9 Å². The fourth-order valence-electron chi connectivity index (χ4n) is 4.11. The van der Waals surface area contributed by atoms with Gasteiger partial charge in [0.05, 0.1) is 11.2 Å². The predicted octanol–water partition coefficient (Wildman–Crippen LogP) is 4.92. The summed E-state index contributed by atoms with van der Waals surface area (Å²) in [4.78, 5) is 23.3. The quantitative estimate of drug-likeness (QED) is 0.296. The van der Waals surface area contributed by atoms with E-state index >= 15 is 0 Å². The van der Waals surface area contributed by atoms with E-state index < -0.39 is 21.6 Å². The van der Waals surface area contributed by atoms with Gasteiger partial charge in [-0.2, -0.15) is 0 Å². The molecule has 1 unspecified atom stereocenters. The van der Waals surface area contributed by atoms with Gasteiger partial charge in [0, 0.05) is 46.7 Å². The SMILES string of the molecule is C=S(C)(=O)Nc1cc(C)c2c(Nc3ccc(F)cc3O[C@H](C)C(=O)N(C)Cc3ccccc3)ncnc2c1. The Morgan fingerprint density at radius 1 is 1.16 bits per heavy atom. The number of carbonyl (C=O) groups excluding carboxylic acids is 1. The van der Waals surface area contributed by atoms with Crippen LogP contribution in [0.3, 0.4) is 0 Å². The van der Waals surface area contributed by atoms with Crippen LogP contribution in [0.15, 0.2) is 67.0 Å². The number of halogens is 1. The molecule has 0 aliphatic rings. The molecule has 0 saturated heterocycles. The Labute approximate surface area is 222 Å². The average molecular weight is 536 g/mol. The molecule has 1 amide bonds. The van der Waals surface area contributed by atoms with Gasteiger partial charge in [-0.25, -0.2) is 18.6 Å². The van der Waals surface area contributed by atoms with Crippen molar-refractivity contribution in [2.45, 2.75) is 26.5 Å². The fraction of sp³-hybridized carbons (Fsp3) is 0.214. The number of ether oxygens (including phenoxy) is 1. The number of carbonyl (C=O) groups is 1. The number of aryl methyl sites for hydroxylation is 1. The van der Waals surface area contributed by atoms with E-state index in [0.29, 0.717) is 29.3 Å². The maximum atomic E-state index is 14.2. The van der Waals surface area contributed by atoms with Crippen LogP contribution in [0.5, 0.6) is 5.75 Å². The molecule has 10 heteroatoms. The topological polar surface area (TPSA) is 96.5 Å². The monoisotopic (exact) mass is 535 g/mol. The van der Waals surface area contributed by atoms with Gasteiger partial charge >= 0.3 is 0 Å². The summed E-state index contributed by atoms with van der Waals surface area (Å²) in [6, 6.07) is 17.3. The number of rotatable bonds is 9. The summed E-state index contributed by atoms with van der Waals surface area (Å²) in [7, 11) is -0.767. The number of benzene rings is 3. The minimum absolute atomic E-state index is 0.171. The van der Waals surface area contributed by atoms with Crippen molar-refractivity contribution in [2.75, 3.05) is 23.3 Å². The number of nitrogens with one attached hydrogen (secondary N) is 2. The Morgan fingerprint density at radius 3 is 2.61 bits per heavy atom. The molecule has 0 aliphatic heterocycles. The highest BCUT2D eigenvalue weighted by Gasteiger charge is 2.21. The second kappa shape index (κ2) is 11.1. The molecule has 4 aromatic rings. The van der Waals surface area contributed by atoms with Crippen molar-refractivity contribution < 1.29 is 18.1 Å². The Hall–Kier alpha value is -4.18. The Kier molecular flexibility index (Phi) is 7.82. The normalized spacial score (nSPS) is 13.4. The number of fused-ring (bicyclic) bond motifs is 1. The largest absolute Gasteiger partial charge is 0.479 e. The smallest absolute Gasteiger partial charge is 0.263 e. The first kappa shape index (κ1) is 26.9. The number of nitrogens with zero attached hydrogens (tertiary/aromatic N) is 3. The highest BCUT2D eigenvalue weighted by Crippen LogP contribution is 2.33. The van der Waals surface area contributed by atoms with E-state index in [0.717, 1.165) is 16.5 Å². The molecule has 1 heterocycles. The first-order valence-electron chi connectivity index (χ1n) is 11.9. The van der Waals surface area contributed by atoms with Gasteiger partial charge in [0.25, 0.3) is 5.91 Å². The van der Waals surface area contributed by atoms with Crippen LogP contribution >= 0.6 is 0 Å². The first-order chi connectivity index (χ1) is 18.0. The highest BCUT2D eigenvalue weighted by atomic mass is 32.2. The van der Waals surface area contributed by atoms with Crippen molar-refractivity contribution >= 4 is 49.6 Å². The van der Waals surface area contributed by atoms with Gasteiger partial charge in [-0.05, 0) is 55.1 Å². The van der Waals surface area contributed by atoms with Crippen molar-refractivity contribution in [3.05, 3.63) is 83.9 Å². The van der Waals surface area contributed by atoms with E-state index in [1.165, 1.54) is 30.8 Å². The maximum Gasteiger partial charge on any atom is 0.263 e. The molecule has 3 aromatic carbocycles. The van der Waals surface area contributed by atoms with Crippen molar-refractivity contribution in [1.29, 1.82) is 0 Å². The molecule has 2 N–H and O–H groups in total. The van der Waals surface area contributed by atoms with E-state index in [9.17, 15) is 13.4 Å². The second-order valence-corrected chi connectivity index (χ2v) is 11.4. The van der Waals surface area contributed by atoms with Gasteiger partial charge in [-0.1, -0.05) is 30.3 Å². The maximum absolute atomic E-state index is 14.2. The second-order valence-electron chi connectivity index (χ2n) is 9.22. The fourth-order valence-corrected chi connectivity index (χ4v) is 4.72. The number of amides is 1.